The summed E-state index contributed by atoms with van der Waals surface area (Å²) in [6.45, 7) is -0.141. The molecule has 0 aromatic carbocycles. The predicted molar refractivity (Wildman–Crippen MR) is 59.1 cm³/mol. The van der Waals surface area contributed by atoms with E-state index in [1.54, 1.807) is 0 Å². The average molecular weight is 241 g/mol. The molecule has 1 heterocycles. The summed E-state index contributed by atoms with van der Waals surface area (Å²) >= 11 is 0. The molecule has 0 aliphatic heterocycles. The zero-order valence-electron chi connectivity index (χ0n) is 8.93. The lowest BCUT2D eigenvalue weighted by atomic mass is 10.4. The quantitative estimate of drug-likeness (QED) is 0.286. The topological polar surface area (TPSA) is 148 Å². The van der Waals surface area contributed by atoms with Crippen LogP contribution in [-0.2, 0) is 4.79 Å². The number of nitro groups is 1. The Morgan fingerprint density at radius 3 is 2.71 bits per heavy atom. The Morgan fingerprint density at radius 1 is 1.53 bits per heavy atom. The van der Waals surface area contributed by atoms with Crippen LogP contribution in [0.5, 0.6) is 0 Å². The van der Waals surface area contributed by atoms with E-state index in [2.05, 4.69) is 26.0 Å². The van der Waals surface area contributed by atoms with Crippen molar-refractivity contribution in [2.75, 3.05) is 24.3 Å². The van der Waals surface area contributed by atoms with Crippen LogP contribution in [0.4, 0.5) is 17.3 Å². The van der Waals surface area contributed by atoms with Crippen LogP contribution >= 0.6 is 0 Å². The zero-order valence-corrected chi connectivity index (χ0v) is 8.93. The number of hydrogen-bond acceptors (Lipinski definition) is 8. The Kier molecular flexibility index (Phi) is 4.11. The number of rotatable bonds is 5. The van der Waals surface area contributed by atoms with E-state index in [4.69, 9.17) is 5.84 Å². The van der Waals surface area contributed by atoms with Gasteiger partial charge in [-0.25, -0.2) is 15.8 Å². The van der Waals surface area contributed by atoms with Crippen molar-refractivity contribution in [3.8, 4) is 0 Å². The minimum Gasteiger partial charge on any atom is -0.358 e. The minimum absolute atomic E-state index is 0.0819. The summed E-state index contributed by atoms with van der Waals surface area (Å²) in [5.41, 5.74) is 1.67. The molecule has 1 aromatic heterocycles. The van der Waals surface area contributed by atoms with Crippen molar-refractivity contribution in [3.05, 3.63) is 16.4 Å². The van der Waals surface area contributed by atoms with Gasteiger partial charge < -0.3 is 16.1 Å². The fourth-order valence-corrected chi connectivity index (χ4v) is 1.04. The average Bonchev–Trinajstić information content (AvgIpc) is 2.34. The van der Waals surface area contributed by atoms with Crippen LogP contribution in [-0.4, -0.2) is 34.4 Å². The van der Waals surface area contributed by atoms with Gasteiger partial charge in [-0.2, -0.15) is 0 Å². The highest BCUT2D eigenvalue weighted by molar-refractivity contribution is 5.81. The van der Waals surface area contributed by atoms with E-state index in [0.29, 0.717) is 0 Å². The third-order valence-corrected chi connectivity index (χ3v) is 1.84. The second-order valence-corrected chi connectivity index (χ2v) is 2.85. The Hall–Kier alpha value is -2.49. The van der Waals surface area contributed by atoms with Gasteiger partial charge in [0, 0.05) is 7.05 Å². The standard InChI is InChI=1S/C7H11N7O3/c1-9-4(15)2-10-6-5(14(16)17)7(13-8)12-3-11-6/h3H,2,8H2,1H3,(H,9,15)(H2,10,11,12,13). The van der Waals surface area contributed by atoms with Crippen LogP contribution in [0.3, 0.4) is 0 Å². The molecule has 1 aromatic rings. The number of aromatic nitrogens is 2. The summed E-state index contributed by atoms with van der Waals surface area (Å²) < 4.78 is 0. The van der Waals surface area contributed by atoms with Gasteiger partial charge in [-0.05, 0) is 0 Å². The first-order valence-electron chi connectivity index (χ1n) is 4.50. The van der Waals surface area contributed by atoms with Gasteiger partial charge in [-0.3, -0.25) is 14.9 Å². The fourth-order valence-electron chi connectivity index (χ4n) is 1.04. The van der Waals surface area contributed by atoms with Crippen molar-refractivity contribution < 1.29 is 9.72 Å². The van der Waals surface area contributed by atoms with Crippen molar-refractivity contribution in [2.45, 2.75) is 0 Å². The number of nitrogens with two attached hydrogens (primary N) is 1. The number of carbonyl (C=O) groups is 1. The van der Waals surface area contributed by atoms with Gasteiger partial charge in [-0.1, -0.05) is 0 Å². The number of likely N-dealkylation sites (N-methyl/N-ethyl adjacent to an activating group) is 1. The fraction of sp³-hybridized carbons (Fsp3) is 0.286. The van der Waals surface area contributed by atoms with E-state index >= 15 is 0 Å². The molecule has 0 spiro atoms. The van der Waals surface area contributed by atoms with Crippen molar-refractivity contribution in [2.24, 2.45) is 5.84 Å². The van der Waals surface area contributed by atoms with Gasteiger partial charge >= 0.3 is 5.69 Å². The second kappa shape index (κ2) is 5.55. The number of carbonyl (C=O) groups excluding carboxylic acids is 1. The molecule has 0 aliphatic rings. The summed E-state index contributed by atoms with van der Waals surface area (Å²) in [6.07, 6.45) is 1.09. The Bertz CT molecular complexity index is 435. The number of nitrogens with one attached hydrogen (secondary N) is 3. The van der Waals surface area contributed by atoms with Gasteiger partial charge in [0.2, 0.25) is 17.5 Å². The Labute approximate surface area is 95.7 Å². The second-order valence-electron chi connectivity index (χ2n) is 2.85. The van der Waals surface area contributed by atoms with E-state index in [0.717, 1.165) is 6.33 Å². The molecular weight excluding hydrogens is 230 g/mol. The van der Waals surface area contributed by atoms with Crippen LogP contribution in [0, 0.1) is 10.1 Å². The van der Waals surface area contributed by atoms with Gasteiger partial charge in [0.25, 0.3) is 0 Å². The number of nitrogens with zero attached hydrogens (tertiary/aromatic N) is 3. The first-order chi connectivity index (χ1) is 8.10. The predicted octanol–water partition coefficient (Wildman–Crippen LogP) is -1.17. The lowest BCUT2D eigenvalue weighted by Crippen LogP contribution is -2.27. The van der Waals surface area contributed by atoms with E-state index in [1.807, 2.05) is 0 Å². The largest absolute Gasteiger partial charge is 0.358 e. The lowest BCUT2D eigenvalue weighted by molar-refractivity contribution is -0.383. The summed E-state index contributed by atoms with van der Waals surface area (Å²) in [5, 5.41) is 15.7. The molecule has 1 amide bonds. The van der Waals surface area contributed by atoms with Gasteiger partial charge in [0.15, 0.2) is 0 Å². The van der Waals surface area contributed by atoms with Crippen molar-refractivity contribution in [1.82, 2.24) is 15.3 Å². The van der Waals surface area contributed by atoms with Gasteiger partial charge in [0.05, 0.1) is 11.5 Å². The lowest BCUT2D eigenvalue weighted by Gasteiger charge is -2.07. The van der Waals surface area contributed by atoms with Crippen LogP contribution in [0.2, 0.25) is 0 Å². The molecule has 0 atom stereocenters. The normalized spacial score (nSPS) is 9.53. The minimum atomic E-state index is -0.693. The van der Waals surface area contributed by atoms with Crippen LogP contribution < -0.4 is 21.9 Å². The number of anilines is 2. The highest BCUT2D eigenvalue weighted by Crippen LogP contribution is 2.27. The van der Waals surface area contributed by atoms with Crippen LogP contribution in [0.1, 0.15) is 0 Å². The monoisotopic (exact) mass is 241 g/mol. The van der Waals surface area contributed by atoms with Crippen LogP contribution in [0.25, 0.3) is 0 Å². The molecule has 0 saturated carbocycles. The molecule has 0 saturated heterocycles. The summed E-state index contributed by atoms with van der Waals surface area (Å²) in [5.74, 6) is 4.54. The molecule has 17 heavy (non-hydrogen) atoms. The Morgan fingerprint density at radius 2 is 2.18 bits per heavy atom. The number of nitrogen functional groups attached to an aromatic ring is 1. The number of amides is 1. The molecule has 0 radical (unpaired) electrons. The van der Waals surface area contributed by atoms with Crippen molar-refractivity contribution in [1.29, 1.82) is 0 Å². The molecule has 0 aliphatic carbocycles. The first kappa shape index (κ1) is 12.6. The molecule has 10 nitrogen and oxygen atoms in total. The molecule has 5 N–H and O–H groups in total. The maximum Gasteiger partial charge on any atom is 0.354 e. The molecule has 1 rings (SSSR count). The zero-order chi connectivity index (χ0) is 12.8. The van der Waals surface area contributed by atoms with E-state index < -0.39 is 10.6 Å². The van der Waals surface area contributed by atoms with Crippen molar-refractivity contribution >= 4 is 23.2 Å². The molecule has 92 valence electrons. The summed E-state index contributed by atoms with van der Waals surface area (Å²) in [7, 11) is 1.45. The third kappa shape index (κ3) is 2.98. The smallest absolute Gasteiger partial charge is 0.354 e. The Balaban J connectivity index is 2.98. The molecule has 0 unspecified atom stereocenters. The maximum absolute atomic E-state index is 11.0. The van der Waals surface area contributed by atoms with Crippen molar-refractivity contribution in [3.63, 3.8) is 0 Å². The SMILES string of the molecule is CNC(=O)CNc1ncnc(NN)c1[N+](=O)[O-]. The van der Waals surface area contributed by atoms with Gasteiger partial charge in [-0.15, -0.1) is 0 Å². The molecule has 0 fully saturated rings. The highest BCUT2D eigenvalue weighted by Gasteiger charge is 2.22. The van der Waals surface area contributed by atoms with E-state index in [9.17, 15) is 14.9 Å². The summed E-state index contributed by atoms with van der Waals surface area (Å²) in [6, 6.07) is 0. The number of hydrogen-bond donors (Lipinski definition) is 4. The maximum atomic E-state index is 11.0. The first-order valence-corrected chi connectivity index (χ1v) is 4.50. The molecular formula is C7H11N7O3. The van der Waals surface area contributed by atoms with Crippen LogP contribution in [0.15, 0.2) is 6.33 Å². The highest BCUT2D eigenvalue weighted by atomic mass is 16.6. The summed E-state index contributed by atoms with van der Waals surface area (Å²) in [4.78, 5) is 28.4. The molecule has 0 bridgehead atoms. The molecule has 10 heteroatoms. The third-order valence-electron chi connectivity index (χ3n) is 1.84. The number of hydrazine groups is 1. The van der Waals surface area contributed by atoms with Gasteiger partial charge in [0.1, 0.15) is 6.33 Å². The van der Waals surface area contributed by atoms with E-state index in [1.165, 1.54) is 7.05 Å². The van der Waals surface area contributed by atoms with E-state index in [-0.39, 0.29) is 24.1 Å².